The normalized spacial score (nSPS) is 25.0. The van der Waals surface area contributed by atoms with Crippen LogP contribution < -0.4 is 0 Å². The molecule has 4 nitrogen and oxygen atoms in total. The molecule has 1 aromatic rings. The Balaban J connectivity index is 2.04. The van der Waals surface area contributed by atoms with Gasteiger partial charge in [0.15, 0.2) is 0 Å². The lowest BCUT2D eigenvalue weighted by Gasteiger charge is -2.40. The van der Waals surface area contributed by atoms with Gasteiger partial charge in [-0.3, -0.25) is 0 Å². The highest BCUT2D eigenvalue weighted by Gasteiger charge is 2.37. The molecule has 0 aromatic heterocycles. The van der Waals surface area contributed by atoms with Gasteiger partial charge in [0, 0.05) is 7.11 Å². The average Bonchev–Trinajstić information content (AvgIpc) is 2.59. The number of hydrogen-bond acceptors (Lipinski definition) is 4. The molecule has 4 heteroatoms. The van der Waals surface area contributed by atoms with Crippen LogP contribution in [0.25, 0.3) is 0 Å². The van der Waals surface area contributed by atoms with E-state index in [-0.39, 0.29) is 24.5 Å². The minimum Gasteiger partial charge on any atom is -0.394 e. The minimum atomic E-state index is -0.817. The number of methoxy groups -OCH3 is 1. The second-order valence-electron chi connectivity index (χ2n) is 8.19. The maximum absolute atomic E-state index is 10.5. The lowest BCUT2D eigenvalue weighted by molar-refractivity contribution is -0.0264. The summed E-state index contributed by atoms with van der Waals surface area (Å²) in [5.41, 5.74) is 2.65. The smallest absolute Gasteiger partial charge is 0.0805 e. The summed E-state index contributed by atoms with van der Waals surface area (Å²) in [7, 11) is 1.62. The second kappa shape index (κ2) is 9.14. The first-order valence-electron chi connectivity index (χ1n) is 9.54. The van der Waals surface area contributed by atoms with Crippen LogP contribution in [0, 0.1) is 11.8 Å². The number of aryl methyl sites for hydroxylation is 1. The largest absolute Gasteiger partial charge is 0.394 e. The van der Waals surface area contributed by atoms with Gasteiger partial charge in [0.25, 0.3) is 0 Å². The Morgan fingerprint density at radius 2 is 1.81 bits per heavy atom. The van der Waals surface area contributed by atoms with Crippen LogP contribution in [0.3, 0.4) is 0 Å². The van der Waals surface area contributed by atoms with E-state index in [1.165, 1.54) is 11.1 Å². The standard InChI is InChI=1S/C22H34O4/c1-15-11-18(20(13-21(15)24)22(2,3)25)12-17-7-5-16(6-8-17)9-10-19(14-23)26-4/h5-8,11,18-21,23-25H,9-10,12-14H2,1-4H3. The number of allylic oxidation sites excluding steroid dienone is 1. The molecule has 4 atom stereocenters. The molecule has 0 heterocycles. The van der Waals surface area contributed by atoms with E-state index in [1.807, 2.05) is 20.8 Å². The molecule has 1 aromatic carbocycles. The summed E-state index contributed by atoms with van der Waals surface area (Å²) in [6.07, 6.45) is 4.71. The fraction of sp³-hybridized carbons (Fsp3) is 0.636. The Hall–Kier alpha value is -1.20. The maximum Gasteiger partial charge on any atom is 0.0805 e. The van der Waals surface area contributed by atoms with Gasteiger partial charge in [-0.25, -0.2) is 0 Å². The Bertz CT molecular complexity index is 581. The number of ether oxygens (including phenoxy) is 1. The third-order valence-electron chi connectivity index (χ3n) is 5.69. The first-order chi connectivity index (χ1) is 12.2. The van der Waals surface area contributed by atoms with Gasteiger partial charge >= 0.3 is 0 Å². The first-order valence-corrected chi connectivity index (χ1v) is 9.54. The highest BCUT2D eigenvalue weighted by atomic mass is 16.5. The summed E-state index contributed by atoms with van der Waals surface area (Å²) in [4.78, 5) is 0. The van der Waals surface area contributed by atoms with Crippen LogP contribution >= 0.6 is 0 Å². The molecule has 0 saturated heterocycles. The average molecular weight is 363 g/mol. The summed E-state index contributed by atoms with van der Waals surface area (Å²) in [5, 5.41) is 29.9. The molecule has 1 aliphatic carbocycles. The molecule has 0 aliphatic heterocycles. The van der Waals surface area contributed by atoms with Crippen molar-refractivity contribution in [3.63, 3.8) is 0 Å². The van der Waals surface area contributed by atoms with E-state index < -0.39 is 11.7 Å². The van der Waals surface area contributed by atoms with Crippen LogP contribution in [0.1, 0.15) is 44.7 Å². The zero-order valence-corrected chi connectivity index (χ0v) is 16.5. The van der Waals surface area contributed by atoms with Gasteiger partial charge in [-0.15, -0.1) is 0 Å². The molecule has 0 spiro atoms. The quantitative estimate of drug-likeness (QED) is 0.622. The van der Waals surface area contributed by atoms with Crippen LogP contribution in [0.2, 0.25) is 0 Å². The maximum atomic E-state index is 10.5. The van der Waals surface area contributed by atoms with E-state index in [9.17, 15) is 15.3 Å². The fourth-order valence-electron chi connectivity index (χ4n) is 3.91. The Kier molecular flexibility index (Phi) is 7.42. The highest BCUT2D eigenvalue weighted by Crippen LogP contribution is 2.38. The number of aliphatic hydroxyl groups excluding tert-OH is 2. The molecule has 0 fully saturated rings. The van der Waals surface area contributed by atoms with Crippen molar-refractivity contribution in [2.24, 2.45) is 11.8 Å². The van der Waals surface area contributed by atoms with E-state index in [0.29, 0.717) is 6.42 Å². The highest BCUT2D eigenvalue weighted by molar-refractivity contribution is 5.25. The van der Waals surface area contributed by atoms with E-state index in [1.54, 1.807) is 7.11 Å². The van der Waals surface area contributed by atoms with Gasteiger partial charge in [-0.2, -0.15) is 0 Å². The van der Waals surface area contributed by atoms with E-state index in [0.717, 1.165) is 24.8 Å². The van der Waals surface area contributed by atoms with Crippen molar-refractivity contribution in [3.8, 4) is 0 Å². The summed E-state index contributed by atoms with van der Waals surface area (Å²) in [5.74, 6) is 0.254. The number of aliphatic hydroxyl groups is 3. The van der Waals surface area contributed by atoms with Gasteiger partial charge < -0.3 is 20.1 Å². The third kappa shape index (κ3) is 5.65. The predicted octanol–water partition coefficient (Wildman–Crippen LogP) is 2.88. The van der Waals surface area contributed by atoms with Crippen LogP contribution in [-0.4, -0.2) is 46.8 Å². The summed E-state index contributed by atoms with van der Waals surface area (Å²) in [6.45, 7) is 5.69. The summed E-state index contributed by atoms with van der Waals surface area (Å²) < 4.78 is 5.21. The van der Waals surface area contributed by atoms with Gasteiger partial charge in [0.1, 0.15) is 0 Å². The molecular weight excluding hydrogens is 328 g/mol. The van der Waals surface area contributed by atoms with Gasteiger partial charge in [-0.05, 0) is 75.0 Å². The molecule has 4 unspecified atom stereocenters. The van der Waals surface area contributed by atoms with Crippen LogP contribution in [0.5, 0.6) is 0 Å². The number of benzene rings is 1. The van der Waals surface area contributed by atoms with Crippen molar-refractivity contribution in [1.29, 1.82) is 0 Å². The van der Waals surface area contributed by atoms with Crippen molar-refractivity contribution in [2.75, 3.05) is 13.7 Å². The van der Waals surface area contributed by atoms with Crippen molar-refractivity contribution in [3.05, 3.63) is 47.0 Å². The lowest BCUT2D eigenvalue weighted by atomic mass is 9.70. The third-order valence-corrected chi connectivity index (χ3v) is 5.69. The topological polar surface area (TPSA) is 69.9 Å². The predicted molar refractivity (Wildman–Crippen MR) is 104 cm³/mol. The molecule has 3 N–H and O–H groups in total. The summed E-state index contributed by atoms with van der Waals surface area (Å²) in [6, 6.07) is 8.55. The molecule has 2 rings (SSSR count). The fourth-order valence-corrected chi connectivity index (χ4v) is 3.91. The van der Waals surface area contributed by atoms with Crippen LogP contribution in [0.15, 0.2) is 35.9 Å². The zero-order chi connectivity index (χ0) is 19.3. The molecule has 0 radical (unpaired) electrons. The molecule has 0 amide bonds. The van der Waals surface area contributed by atoms with Gasteiger partial charge in [-0.1, -0.05) is 30.3 Å². The van der Waals surface area contributed by atoms with E-state index in [2.05, 4.69) is 30.3 Å². The molecular formula is C22H34O4. The molecule has 26 heavy (non-hydrogen) atoms. The van der Waals surface area contributed by atoms with Crippen molar-refractivity contribution in [1.82, 2.24) is 0 Å². The van der Waals surface area contributed by atoms with Gasteiger partial charge in [0.05, 0.1) is 24.4 Å². The Morgan fingerprint density at radius 3 is 2.35 bits per heavy atom. The van der Waals surface area contributed by atoms with Crippen LogP contribution in [-0.2, 0) is 17.6 Å². The van der Waals surface area contributed by atoms with Crippen molar-refractivity contribution in [2.45, 2.75) is 64.3 Å². The zero-order valence-electron chi connectivity index (χ0n) is 16.5. The molecule has 0 saturated carbocycles. The van der Waals surface area contributed by atoms with Gasteiger partial charge in [0.2, 0.25) is 0 Å². The van der Waals surface area contributed by atoms with Crippen molar-refractivity contribution < 1.29 is 20.1 Å². The SMILES string of the molecule is COC(CO)CCc1ccc(CC2C=C(C)C(O)CC2C(C)(C)O)cc1. The van der Waals surface area contributed by atoms with E-state index >= 15 is 0 Å². The molecule has 146 valence electrons. The Morgan fingerprint density at radius 1 is 1.19 bits per heavy atom. The van der Waals surface area contributed by atoms with Crippen molar-refractivity contribution >= 4 is 0 Å². The second-order valence-corrected chi connectivity index (χ2v) is 8.19. The minimum absolute atomic E-state index is 0.0351. The molecule has 1 aliphatic rings. The Labute approximate surface area is 157 Å². The van der Waals surface area contributed by atoms with E-state index in [4.69, 9.17) is 4.74 Å². The number of rotatable bonds is 8. The monoisotopic (exact) mass is 362 g/mol. The number of hydrogen-bond donors (Lipinski definition) is 3. The molecule has 0 bridgehead atoms. The van der Waals surface area contributed by atoms with Crippen LogP contribution in [0.4, 0.5) is 0 Å². The summed E-state index contributed by atoms with van der Waals surface area (Å²) >= 11 is 0. The first kappa shape index (κ1) is 21.1. The lowest BCUT2D eigenvalue weighted by Crippen LogP contribution is -2.41.